The van der Waals surface area contributed by atoms with Crippen molar-refractivity contribution in [3.63, 3.8) is 0 Å². The summed E-state index contributed by atoms with van der Waals surface area (Å²) in [6.45, 7) is 6.11. The summed E-state index contributed by atoms with van der Waals surface area (Å²) in [6, 6.07) is 0. The first-order chi connectivity index (χ1) is 6.70. The number of nitrogens with zero attached hydrogens (tertiary/aromatic N) is 1. The normalized spacial score (nSPS) is 18.9. The monoisotopic (exact) mass is 210 g/mol. The molecule has 1 N–H and O–H groups in total. The van der Waals surface area contributed by atoms with E-state index in [9.17, 15) is 4.79 Å². The van der Waals surface area contributed by atoms with Gasteiger partial charge in [0, 0.05) is 6.54 Å². The fourth-order valence-electron chi connectivity index (χ4n) is 1.20. The highest BCUT2D eigenvalue weighted by atomic mass is 32.1. The minimum atomic E-state index is -0.0525. The van der Waals surface area contributed by atoms with E-state index < -0.39 is 0 Å². The molecule has 76 valence electrons. The molecule has 0 atom stereocenters. The summed E-state index contributed by atoms with van der Waals surface area (Å²) in [5.41, 5.74) is 0.596. The number of hydrogen-bond acceptors (Lipinski definition) is 2. The van der Waals surface area contributed by atoms with E-state index in [0.29, 0.717) is 17.4 Å². The third kappa shape index (κ3) is 2.20. The second-order valence-corrected chi connectivity index (χ2v) is 3.43. The Bertz CT molecular complexity index is 296. The first kappa shape index (κ1) is 10.9. The number of amides is 1. The molecule has 1 saturated heterocycles. The SMILES string of the molecule is C=CCN1C(=O)/C(=C\CCC)NC1=S. The molecule has 1 heterocycles. The molecule has 1 amide bonds. The summed E-state index contributed by atoms with van der Waals surface area (Å²) in [6.07, 6.45) is 5.46. The van der Waals surface area contributed by atoms with Gasteiger partial charge in [-0.15, -0.1) is 6.58 Å². The molecule has 0 radical (unpaired) electrons. The maximum atomic E-state index is 11.7. The smallest absolute Gasteiger partial charge is 0.276 e. The number of unbranched alkanes of at least 4 members (excludes halogenated alkanes) is 1. The van der Waals surface area contributed by atoms with Crippen molar-refractivity contribution in [2.45, 2.75) is 19.8 Å². The number of rotatable bonds is 4. The van der Waals surface area contributed by atoms with Gasteiger partial charge in [-0.2, -0.15) is 0 Å². The molecular weight excluding hydrogens is 196 g/mol. The van der Waals surface area contributed by atoms with Crippen LogP contribution in [0.25, 0.3) is 0 Å². The van der Waals surface area contributed by atoms with Gasteiger partial charge in [-0.3, -0.25) is 9.69 Å². The molecule has 14 heavy (non-hydrogen) atoms. The van der Waals surface area contributed by atoms with Crippen LogP contribution in [0.1, 0.15) is 19.8 Å². The molecule has 0 spiro atoms. The molecule has 1 fully saturated rings. The topological polar surface area (TPSA) is 32.3 Å². The first-order valence-corrected chi connectivity index (χ1v) is 5.05. The Morgan fingerprint density at radius 1 is 1.64 bits per heavy atom. The van der Waals surface area contributed by atoms with E-state index in [4.69, 9.17) is 12.2 Å². The molecule has 0 aliphatic carbocycles. The van der Waals surface area contributed by atoms with E-state index in [-0.39, 0.29) is 5.91 Å². The van der Waals surface area contributed by atoms with Crippen LogP contribution in [0, 0.1) is 0 Å². The first-order valence-electron chi connectivity index (χ1n) is 4.64. The van der Waals surface area contributed by atoms with Crippen molar-refractivity contribution in [1.82, 2.24) is 10.2 Å². The predicted octanol–water partition coefficient (Wildman–Crippen LogP) is 1.57. The zero-order chi connectivity index (χ0) is 10.6. The van der Waals surface area contributed by atoms with E-state index in [1.807, 2.05) is 6.08 Å². The number of carbonyl (C=O) groups excluding carboxylic acids is 1. The van der Waals surface area contributed by atoms with Gasteiger partial charge in [-0.1, -0.05) is 25.5 Å². The Morgan fingerprint density at radius 3 is 2.93 bits per heavy atom. The van der Waals surface area contributed by atoms with Crippen LogP contribution in [-0.2, 0) is 4.79 Å². The highest BCUT2D eigenvalue weighted by Gasteiger charge is 2.28. The van der Waals surface area contributed by atoms with E-state index in [2.05, 4.69) is 18.8 Å². The quantitative estimate of drug-likeness (QED) is 0.434. The highest BCUT2D eigenvalue weighted by Crippen LogP contribution is 2.10. The van der Waals surface area contributed by atoms with E-state index >= 15 is 0 Å². The Balaban J connectivity index is 2.73. The molecule has 0 saturated carbocycles. The van der Waals surface area contributed by atoms with Crippen molar-refractivity contribution in [2.24, 2.45) is 0 Å². The van der Waals surface area contributed by atoms with Gasteiger partial charge < -0.3 is 5.32 Å². The van der Waals surface area contributed by atoms with Gasteiger partial charge in [0.1, 0.15) is 5.70 Å². The fourth-order valence-corrected chi connectivity index (χ4v) is 1.46. The van der Waals surface area contributed by atoms with Gasteiger partial charge in [0.15, 0.2) is 5.11 Å². The summed E-state index contributed by atoms with van der Waals surface area (Å²) >= 11 is 5.02. The van der Waals surface area contributed by atoms with Gasteiger partial charge in [0.05, 0.1) is 0 Å². The lowest BCUT2D eigenvalue weighted by atomic mass is 10.3. The minimum absolute atomic E-state index is 0.0525. The van der Waals surface area contributed by atoms with Crippen molar-refractivity contribution in [3.8, 4) is 0 Å². The van der Waals surface area contributed by atoms with Crippen LogP contribution < -0.4 is 5.32 Å². The van der Waals surface area contributed by atoms with Crippen molar-refractivity contribution in [2.75, 3.05) is 6.54 Å². The number of hydrogen-bond donors (Lipinski definition) is 1. The largest absolute Gasteiger partial charge is 0.328 e. The Kier molecular flexibility index (Phi) is 3.83. The van der Waals surface area contributed by atoms with Gasteiger partial charge in [0.2, 0.25) is 0 Å². The Labute approximate surface area is 89.5 Å². The molecular formula is C10H14N2OS. The number of nitrogens with one attached hydrogen (secondary N) is 1. The second-order valence-electron chi connectivity index (χ2n) is 3.04. The van der Waals surface area contributed by atoms with Crippen LogP contribution in [0.2, 0.25) is 0 Å². The molecule has 1 rings (SSSR count). The molecule has 0 aromatic carbocycles. The Hall–Kier alpha value is -1.16. The number of carbonyl (C=O) groups is 1. The summed E-state index contributed by atoms with van der Waals surface area (Å²) in [5, 5.41) is 3.36. The van der Waals surface area contributed by atoms with Gasteiger partial charge in [-0.25, -0.2) is 0 Å². The highest BCUT2D eigenvalue weighted by molar-refractivity contribution is 7.80. The van der Waals surface area contributed by atoms with Crippen molar-refractivity contribution in [1.29, 1.82) is 0 Å². The molecule has 1 aliphatic heterocycles. The molecule has 3 nitrogen and oxygen atoms in total. The Morgan fingerprint density at radius 2 is 2.36 bits per heavy atom. The summed E-state index contributed by atoms with van der Waals surface area (Å²) in [7, 11) is 0. The zero-order valence-corrected chi connectivity index (χ0v) is 9.06. The second kappa shape index (κ2) is 4.91. The molecule has 1 aliphatic rings. The number of allylic oxidation sites excluding steroid dienone is 1. The average Bonchev–Trinajstić information content (AvgIpc) is 2.43. The zero-order valence-electron chi connectivity index (χ0n) is 8.25. The third-order valence-electron chi connectivity index (χ3n) is 1.91. The van der Waals surface area contributed by atoms with Crippen LogP contribution in [0.5, 0.6) is 0 Å². The standard InChI is InChI=1S/C10H14N2OS/c1-3-5-6-8-9(13)12(7-4-2)10(14)11-8/h4,6H,2-3,5,7H2,1H3,(H,11,14)/b8-6+. The van der Waals surface area contributed by atoms with Crippen molar-refractivity contribution in [3.05, 3.63) is 24.4 Å². The van der Waals surface area contributed by atoms with Gasteiger partial charge in [0.25, 0.3) is 5.91 Å². The third-order valence-corrected chi connectivity index (χ3v) is 2.23. The van der Waals surface area contributed by atoms with Crippen molar-refractivity contribution < 1.29 is 4.79 Å². The maximum Gasteiger partial charge on any atom is 0.276 e. The van der Waals surface area contributed by atoms with Crippen LogP contribution in [0.4, 0.5) is 0 Å². The predicted molar refractivity (Wildman–Crippen MR) is 60.6 cm³/mol. The maximum absolute atomic E-state index is 11.7. The minimum Gasteiger partial charge on any atom is -0.328 e. The van der Waals surface area contributed by atoms with E-state index in [0.717, 1.165) is 12.8 Å². The van der Waals surface area contributed by atoms with Crippen molar-refractivity contribution >= 4 is 23.2 Å². The number of thiocarbonyl (C=S) groups is 1. The molecule has 0 aromatic rings. The molecule has 0 aromatic heterocycles. The fraction of sp³-hybridized carbons (Fsp3) is 0.400. The molecule has 0 unspecified atom stereocenters. The molecule has 0 bridgehead atoms. The lowest BCUT2D eigenvalue weighted by molar-refractivity contribution is -0.122. The van der Waals surface area contributed by atoms with Crippen LogP contribution in [0.3, 0.4) is 0 Å². The van der Waals surface area contributed by atoms with Crippen LogP contribution in [-0.4, -0.2) is 22.5 Å². The summed E-state index contributed by atoms with van der Waals surface area (Å²) in [5.74, 6) is -0.0525. The van der Waals surface area contributed by atoms with E-state index in [1.54, 1.807) is 6.08 Å². The van der Waals surface area contributed by atoms with E-state index in [1.165, 1.54) is 4.90 Å². The average molecular weight is 210 g/mol. The van der Waals surface area contributed by atoms with Gasteiger partial charge >= 0.3 is 0 Å². The molecule has 4 heteroatoms. The summed E-state index contributed by atoms with van der Waals surface area (Å²) < 4.78 is 0. The lowest BCUT2D eigenvalue weighted by Gasteiger charge is -2.09. The van der Waals surface area contributed by atoms with Crippen LogP contribution in [0.15, 0.2) is 24.4 Å². The summed E-state index contributed by atoms with van der Waals surface area (Å²) in [4.78, 5) is 13.2. The van der Waals surface area contributed by atoms with Gasteiger partial charge in [-0.05, 0) is 18.6 Å². The van der Waals surface area contributed by atoms with Crippen LogP contribution >= 0.6 is 12.2 Å². The lowest BCUT2D eigenvalue weighted by Crippen LogP contribution is -2.30.